The Hall–Kier alpha value is -1.74. The Labute approximate surface area is 125 Å². The second kappa shape index (κ2) is 5.81. The fourth-order valence-electron chi connectivity index (χ4n) is 1.87. The van der Waals surface area contributed by atoms with Gasteiger partial charge in [0.05, 0.1) is 12.9 Å². The minimum absolute atomic E-state index is 0.0843. The van der Waals surface area contributed by atoms with Gasteiger partial charge in [-0.1, -0.05) is 0 Å². The molecule has 1 aliphatic rings. The molecule has 1 saturated carbocycles. The number of nitrogen functional groups attached to an aromatic ring is 1. The lowest BCUT2D eigenvalue weighted by Gasteiger charge is -2.08. The van der Waals surface area contributed by atoms with Gasteiger partial charge in [-0.2, -0.15) is 9.97 Å². The maximum atomic E-state index is 10.7. The molecule has 0 spiro atoms. The summed E-state index contributed by atoms with van der Waals surface area (Å²) in [5, 5.41) is 0. The summed E-state index contributed by atoms with van der Waals surface area (Å²) in [4.78, 5) is 29.8. The Morgan fingerprint density at radius 1 is 1.41 bits per heavy atom. The van der Waals surface area contributed by atoms with Crippen LogP contribution >= 0.6 is 7.60 Å². The summed E-state index contributed by atoms with van der Waals surface area (Å²) in [5.74, 6) is 0.445. The maximum absolute atomic E-state index is 10.7. The Balaban J connectivity index is 1.73. The Morgan fingerprint density at radius 3 is 2.86 bits per heavy atom. The van der Waals surface area contributed by atoms with Gasteiger partial charge in [0, 0.05) is 6.54 Å². The van der Waals surface area contributed by atoms with Gasteiger partial charge in [0.15, 0.2) is 11.2 Å². The van der Waals surface area contributed by atoms with E-state index in [9.17, 15) is 4.57 Å². The Kier molecular flexibility index (Phi) is 4.00. The summed E-state index contributed by atoms with van der Waals surface area (Å²) in [6.07, 6.45) is 3.06. The first-order valence-corrected chi connectivity index (χ1v) is 8.49. The van der Waals surface area contributed by atoms with Crippen molar-refractivity contribution in [3.05, 3.63) is 6.33 Å². The molecule has 11 heteroatoms. The minimum Gasteiger partial charge on any atom is -0.473 e. The van der Waals surface area contributed by atoms with Crippen molar-refractivity contribution < 1.29 is 23.8 Å². The average Bonchev–Trinajstić information content (AvgIpc) is 3.13. The van der Waals surface area contributed by atoms with Crippen LogP contribution < -0.4 is 10.5 Å². The van der Waals surface area contributed by atoms with E-state index in [2.05, 4.69) is 15.0 Å². The maximum Gasteiger partial charge on any atom is 0.350 e. The third kappa shape index (κ3) is 3.72. The molecule has 0 bridgehead atoms. The minimum atomic E-state index is -4.16. The molecule has 0 unspecified atom stereocenters. The summed E-state index contributed by atoms with van der Waals surface area (Å²) in [6.45, 7) is 0.440. The smallest absolute Gasteiger partial charge is 0.350 e. The monoisotopic (exact) mass is 329 g/mol. The lowest BCUT2D eigenvalue weighted by Crippen LogP contribution is -2.08. The summed E-state index contributed by atoms with van der Waals surface area (Å²) >= 11 is 0. The predicted octanol–water partition coefficient (Wildman–Crippen LogP) is 0.102. The molecule has 0 amide bonds. The zero-order valence-corrected chi connectivity index (χ0v) is 12.5. The van der Waals surface area contributed by atoms with E-state index in [0.717, 1.165) is 12.8 Å². The van der Waals surface area contributed by atoms with Gasteiger partial charge in [0.1, 0.15) is 12.5 Å². The number of fused-ring (bicyclic) bond motifs is 1. The van der Waals surface area contributed by atoms with Crippen LogP contribution in [0.1, 0.15) is 12.8 Å². The number of anilines is 1. The van der Waals surface area contributed by atoms with Crippen molar-refractivity contribution in [2.24, 2.45) is 0 Å². The van der Waals surface area contributed by atoms with Crippen molar-refractivity contribution in [2.45, 2.75) is 25.5 Å². The van der Waals surface area contributed by atoms with Crippen molar-refractivity contribution in [1.82, 2.24) is 19.5 Å². The highest BCUT2D eigenvalue weighted by atomic mass is 31.2. The van der Waals surface area contributed by atoms with Crippen molar-refractivity contribution in [2.75, 3.05) is 18.7 Å². The van der Waals surface area contributed by atoms with Crippen molar-refractivity contribution in [1.29, 1.82) is 0 Å². The summed E-state index contributed by atoms with van der Waals surface area (Å²) in [6, 6.07) is 0. The van der Waals surface area contributed by atoms with Crippen molar-refractivity contribution in [3.63, 3.8) is 0 Å². The van der Waals surface area contributed by atoms with Gasteiger partial charge < -0.3 is 29.6 Å². The molecule has 4 N–H and O–H groups in total. The lowest BCUT2D eigenvalue weighted by molar-refractivity contribution is 0.149. The standard InChI is InChI=1S/C11H16N5O5P/c12-11-14-9-8(10(15-11)21-7-1-2-7)13-5-16(9)3-4-20-6-22(17,18)19/h5,7H,1-4,6H2,(H2,12,14,15)(H2,17,18,19). The largest absolute Gasteiger partial charge is 0.473 e. The van der Waals surface area contributed by atoms with Crippen LogP contribution in [0.3, 0.4) is 0 Å². The van der Waals surface area contributed by atoms with E-state index in [1.54, 1.807) is 10.9 Å². The summed E-state index contributed by atoms with van der Waals surface area (Å²) in [5.41, 5.74) is 6.70. The summed E-state index contributed by atoms with van der Waals surface area (Å²) < 4.78 is 23.0. The van der Waals surface area contributed by atoms with Crippen molar-refractivity contribution in [3.8, 4) is 5.88 Å². The predicted molar refractivity (Wildman–Crippen MR) is 76.2 cm³/mol. The molecule has 2 aromatic heterocycles. The molecule has 0 aliphatic heterocycles. The van der Waals surface area contributed by atoms with Crippen molar-refractivity contribution >= 4 is 24.7 Å². The average molecular weight is 329 g/mol. The molecular weight excluding hydrogens is 313 g/mol. The van der Waals surface area contributed by atoms with E-state index < -0.39 is 13.9 Å². The second-order valence-electron chi connectivity index (χ2n) is 5.02. The molecular formula is C11H16N5O5P. The van der Waals surface area contributed by atoms with E-state index in [1.807, 2.05) is 0 Å². The van der Waals surface area contributed by atoms with E-state index in [-0.39, 0.29) is 18.7 Å². The number of ether oxygens (including phenoxy) is 2. The van der Waals surface area contributed by atoms with E-state index in [0.29, 0.717) is 23.6 Å². The highest BCUT2D eigenvalue weighted by molar-refractivity contribution is 7.51. The van der Waals surface area contributed by atoms with Crippen LogP contribution in [0.15, 0.2) is 6.33 Å². The van der Waals surface area contributed by atoms with E-state index in [1.165, 1.54) is 0 Å². The van der Waals surface area contributed by atoms with Gasteiger partial charge in [0.2, 0.25) is 11.8 Å². The van der Waals surface area contributed by atoms with Gasteiger partial charge in [0.25, 0.3) is 0 Å². The third-order valence-electron chi connectivity index (χ3n) is 2.99. The molecule has 0 aromatic carbocycles. The van der Waals surface area contributed by atoms with Gasteiger partial charge in [-0.15, -0.1) is 0 Å². The zero-order valence-electron chi connectivity index (χ0n) is 11.6. The van der Waals surface area contributed by atoms with E-state index in [4.69, 9.17) is 25.0 Å². The molecule has 0 radical (unpaired) electrons. The van der Waals surface area contributed by atoms with Crippen LogP contribution in [0, 0.1) is 0 Å². The van der Waals surface area contributed by atoms with Gasteiger partial charge in [-0.3, -0.25) is 4.57 Å². The lowest BCUT2D eigenvalue weighted by atomic mass is 10.5. The topological polar surface area (TPSA) is 146 Å². The van der Waals surface area contributed by atoms with Crippen LogP contribution in [0.4, 0.5) is 5.95 Å². The van der Waals surface area contributed by atoms with E-state index >= 15 is 0 Å². The first-order chi connectivity index (χ1) is 10.4. The first-order valence-electron chi connectivity index (χ1n) is 6.70. The highest BCUT2D eigenvalue weighted by Crippen LogP contribution is 2.34. The molecule has 120 valence electrons. The van der Waals surface area contributed by atoms with Crippen LogP contribution in [-0.2, 0) is 15.8 Å². The number of aromatic nitrogens is 4. The van der Waals surface area contributed by atoms with Gasteiger partial charge in [-0.05, 0) is 12.8 Å². The molecule has 22 heavy (non-hydrogen) atoms. The molecule has 1 fully saturated rings. The quantitative estimate of drug-likeness (QED) is 0.475. The van der Waals surface area contributed by atoms with Crippen LogP contribution in [-0.4, -0.2) is 48.4 Å². The molecule has 0 atom stereocenters. The Bertz CT molecular complexity index is 725. The fourth-order valence-corrected chi connectivity index (χ4v) is 2.24. The molecule has 2 heterocycles. The van der Waals surface area contributed by atoms with Crippen LogP contribution in [0.5, 0.6) is 5.88 Å². The normalized spacial score (nSPS) is 15.4. The zero-order chi connectivity index (χ0) is 15.7. The number of rotatable bonds is 7. The SMILES string of the molecule is Nc1nc(OC2CC2)c2ncn(CCOCP(=O)(O)O)c2n1. The fraction of sp³-hybridized carbons (Fsp3) is 0.545. The second-order valence-corrected chi connectivity index (χ2v) is 6.60. The van der Waals surface area contributed by atoms with Gasteiger partial charge >= 0.3 is 7.60 Å². The highest BCUT2D eigenvalue weighted by Gasteiger charge is 2.26. The molecule has 3 rings (SSSR count). The van der Waals surface area contributed by atoms with Crippen LogP contribution in [0.25, 0.3) is 11.2 Å². The van der Waals surface area contributed by atoms with Gasteiger partial charge in [-0.25, -0.2) is 4.98 Å². The number of hydrogen-bond donors (Lipinski definition) is 3. The summed E-state index contributed by atoms with van der Waals surface area (Å²) in [7, 11) is -4.16. The number of imidazole rings is 1. The number of nitrogens with zero attached hydrogens (tertiary/aromatic N) is 4. The first kappa shape index (κ1) is 15.2. The molecule has 1 aliphatic carbocycles. The Morgan fingerprint density at radius 2 is 2.18 bits per heavy atom. The number of hydrogen-bond acceptors (Lipinski definition) is 7. The number of nitrogens with two attached hydrogens (primary N) is 1. The molecule has 0 saturated heterocycles. The molecule has 10 nitrogen and oxygen atoms in total. The van der Waals surface area contributed by atoms with Crippen LogP contribution in [0.2, 0.25) is 0 Å². The third-order valence-corrected chi connectivity index (χ3v) is 3.51. The molecule has 2 aromatic rings.